The van der Waals surface area contributed by atoms with Gasteiger partial charge in [0.1, 0.15) is 11.6 Å². The van der Waals surface area contributed by atoms with Gasteiger partial charge in [0.2, 0.25) is 0 Å². The number of carbonyl (C=O) groups excluding carboxylic acids is 1. The SMILES string of the molecule is [CH2]COc1c(CCc2ccccc2)cc(CC)cc1C(Nc1ccc(C(=N)N)cc1)C(=O)OC. The number of rotatable bonds is 11. The maximum absolute atomic E-state index is 12.9. The van der Waals surface area contributed by atoms with E-state index in [-0.39, 0.29) is 12.4 Å². The highest BCUT2D eigenvalue weighted by molar-refractivity contribution is 5.95. The van der Waals surface area contributed by atoms with Gasteiger partial charge in [-0.2, -0.15) is 0 Å². The molecule has 0 aliphatic carbocycles. The number of methoxy groups -OCH3 is 1. The summed E-state index contributed by atoms with van der Waals surface area (Å²) in [7, 11) is 1.37. The van der Waals surface area contributed by atoms with E-state index in [1.165, 1.54) is 12.7 Å². The van der Waals surface area contributed by atoms with E-state index < -0.39 is 12.0 Å². The molecule has 0 fully saturated rings. The van der Waals surface area contributed by atoms with Crippen molar-refractivity contribution in [2.75, 3.05) is 19.0 Å². The largest absolute Gasteiger partial charge is 0.493 e. The Hall–Kier alpha value is -3.80. The van der Waals surface area contributed by atoms with E-state index >= 15 is 0 Å². The molecule has 0 aromatic heterocycles. The Balaban J connectivity index is 2.02. The molecule has 3 aromatic carbocycles. The van der Waals surface area contributed by atoms with Crippen molar-refractivity contribution in [2.24, 2.45) is 5.73 Å². The number of nitrogens with one attached hydrogen (secondary N) is 2. The topological polar surface area (TPSA) is 97.4 Å². The van der Waals surface area contributed by atoms with Crippen LogP contribution in [0.4, 0.5) is 5.69 Å². The number of anilines is 1. The fourth-order valence-electron chi connectivity index (χ4n) is 3.88. The second-order valence-electron chi connectivity index (χ2n) is 7.95. The normalized spacial score (nSPS) is 11.5. The van der Waals surface area contributed by atoms with Gasteiger partial charge in [-0.15, -0.1) is 0 Å². The molecular weight excluding hydrogens is 426 g/mol. The van der Waals surface area contributed by atoms with Crippen molar-refractivity contribution >= 4 is 17.5 Å². The number of aryl methyl sites for hydroxylation is 3. The molecule has 3 rings (SSSR count). The standard InChI is InChI=1S/C28H32N3O3/c1-4-19-17-22(12-11-20-9-7-6-8-10-20)26(34-5-2)24(18-19)25(28(32)33-3)31-23-15-13-21(14-16-23)27(29)30/h6-10,13-18,25,31H,2,4-5,11-12H2,1,3H3,(H3,29,30). The van der Waals surface area contributed by atoms with Gasteiger partial charge in [0, 0.05) is 16.8 Å². The summed E-state index contributed by atoms with van der Waals surface area (Å²) in [6.07, 6.45) is 2.43. The number of nitrogen functional groups attached to an aromatic ring is 1. The van der Waals surface area contributed by atoms with Crippen LogP contribution in [0, 0.1) is 12.3 Å². The third-order valence-corrected chi connectivity index (χ3v) is 5.69. The summed E-state index contributed by atoms with van der Waals surface area (Å²) in [5, 5.41) is 10.9. The van der Waals surface area contributed by atoms with Gasteiger partial charge in [-0.3, -0.25) is 5.41 Å². The third-order valence-electron chi connectivity index (χ3n) is 5.69. The van der Waals surface area contributed by atoms with E-state index in [2.05, 4.69) is 37.4 Å². The van der Waals surface area contributed by atoms with Crippen LogP contribution in [0.1, 0.15) is 40.8 Å². The molecule has 6 heteroatoms. The molecule has 1 atom stereocenters. The number of amidine groups is 1. The molecule has 0 amide bonds. The zero-order valence-electron chi connectivity index (χ0n) is 19.8. The Morgan fingerprint density at radius 3 is 2.35 bits per heavy atom. The van der Waals surface area contributed by atoms with Gasteiger partial charge in [-0.05, 0) is 73.2 Å². The summed E-state index contributed by atoms with van der Waals surface area (Å²) in [4.78, 5) is 12.9. The number of hydrogen-bond donors (Lipinski definition) is 3. The summed E-state index contributed by atoms with van der Waals surface area (Å²) in [6.45, 7) is 6.19. The van der Waals surface area contributed by atoms with Gasteiger partial charge < -0.3 is 20.5 Å². The van der Waals surface area contributed by atoms with Crippen molar-refractivity contribution < 1.29 is 14.3 Å². The molecule has 6 nitrogen and oxygen atoms in total. The molecule has 0 aliphatic heterocycles. The van der Waals surface area contributed by atoms with Crippen LogP contribution < -0.4 is 15.8 Å². The average molecular weight is 459 g/mol. The van der Waals surface area contributed by atoms with Crippen molar-refractivity contribution in [1.29, 1.82) is 5.41 Å². The van der Waals surface area contributed by atoms with E-state index in [4.69, 9.17) is 20.6 Å². The van der Waals surface area contributed by atoms with E-state index in [0.717, 1.165) is 30.4 Å². The van der Waals surface area contributed by atoms with Crippen LogP contribution in [0.15, 0.2) is 66.7 Å². The molecule has 0 saturated heterocycles. The smallest absolute Gasteiger partial charge is 0.333 e. The highest BCUT2D eigenvalue weighted by Crippen LogP contribution is 2.35. The lowest BCUT2D eigenvalue weighted by Crippen LogP contribution is -2.24. The first-order valence-electron chi connectivity index (χ1n) is 11.4. The first-order chi connectivity index (χ1) is 16.5. The van der Waals surface area contributed by atoms with Crippen LogP contribution in [0.5, 0.6) is 5.75 Å². The Kier molecular flexibility index (Phi) is 8.68. The fraction of sp³-hybridized carbons (Fsp3) is 0.250. The number of nitrogens with two attached hydrogens (primary N) is 1. The minimum Gasteiger partial charge on any atom is -0.493 e. The minimum absolute atomic E-state index is 0.0131. The van der Waals surface area contributed by atoms with E-state index in [9.17, 15) is 4.79 Å². The molecule has 3 aromatic rings. The predicted molar refractivity (Wildman–Crippen MR) is 136 cm³/mol. The molecule has 0 saturated carbocycles. The highest BCUT2D eigenvalue weighted by atomic mass is 16.5. The van der Waals surface area contributed by atoms with Crippen molar-refractivity contribution in [1.82, 2.24) is 0 Å². The molecule has 177 valence electrons. The average Bonchev–Trinajstić information content (AvgIpc) is 2.87. The van der Waals surface area contributed by atoms with E-state index in [1.807, 2.05) is 24.3 Å². The van der Waals surface area contributed by atoms with Gasteiger partial charge in [-0.25, -0.2) is 4.79 Å². The Labute approximate surface area is 201 Å². The van der Waals surface area contributed by atoms with Crippen molar-refractivity contribution in [3.63, 3.8) is 0 Å². The zero-order chi connectivity index (χ0) is 24.5. The maximum Gasteiger partial charge on any atom is 0.333 e. The molecule has 1 radical (unpaired) electrons. The van der Waals surface area contributed by atoms with Crippen molar-refractivity contribution in [3.05, 3.63) is 101 Å². The molecule has 34 heavy (non-hydrogen) atoms. The fourth-order valence-corrected chi connectivity index (χ4v) is 3.88. The first kappa shape index (κ1) is 24.8. The summed E-state index contributed by atoms with van der Waals surface area (Å²) < 4.78 is 11.2. The van der Waals surface area contributed by atoms with Gasteiger partial charge in [-0.1, -0.05) is 43.3 Å². The minimum atomic E-state index is -0.781. The summed E-state index contributed by atoms with van der Waals surface area (Å²) >= 11 is 0. The maximum atomic E-state index is 12.9. The first-order valence-corrected chi connectivity index (χ1v) is 11.4. The predicted octanol–water partition coefficient (Wildman–Crippen LogP) is 4.86. The summed E-state index contributed by atoms with van der Waals surface area (Å²) in [5.41, 5.74) is 11.0. The lowest BCUT2D eigenvalue weighted by atomic mass is 9.94. The van der Waals surface area contributed by atoms with Crippen LogP contribution in [-0.4, -0.2) is 25.5 Å². The van der Waals surface area contributed by atoms with Crippen molar-refractivity contribution in [3.8, 4) is 5.75 Å². The third kappa shape index (κ3) is 6.16. The van der Waals surface area contributed by atoms with Crippen LogP contribution >= 0.6 is 0 Å². The van der Waals surface area contributed by atoms with Gasteiger partial charge >= 0.3 is 5.97 Å². The quantitative estimate of drug-likeness (QED) is 0.217. The van der Waals surface area contributed by atoms with Crippen LogP contribution in [0.2, 0.25) is 0 Å². The Bertz CT molecular complexity index is 1110. The molecule has 1 unspecified atom stereocenters. The number of ether oxygens (including phenoxy) is 2. The van der Waals surface area contributed by atoms with Crippen LogP contribution in [0.3, 0.4) is 0 Å². The van der Waals surface area contributed by atoms with E-state index in [0.29, 0.717) is 22.6 Å². The highest BCUT2D eigenvalue weighted by Gasteiger charge is 2.27. The van der Waals surface area contributed by atoms with Gasteiger partial charge in [0.05, 0.1) is 13.7 Å². The molecule has 0 heterocycles. The van der Waals surface area contributed by atoms with Gasteiger partial charge in [0.25, 0.3) is 0 Å². The lowest BCUT2D eigenvalue weighted by Gasteiger charge is -2.24. The number of benzene rings is 3. The van der Waals surface area contributed by atoms with E-state index in [1.54, 1.807) is 24.3 Å². The second-order valence-corrected chi connectivity index (χ2v) is 7.95. The van der Waals surface area contributed by atoms with Gasteiger partial charge in [0.15, 0.2) is 6.04 Å². The monoisotopic (exact) mass is 458 g/mol. The molecule has 0 spiro atoms. The van der Waals surface area contributed by atoms with Crippen LogP contribution in [0.25, 0.3) is 0 Å². The number of carbonyl (C=O) groups is 1. The Morgan fingerprint density at radius 1 is 1.06 bits per heavy atom. The summed E-state index contributed by atoms with van der Waals surface area (Å²) in [5.74, 6) is 0.221. The van der Waals surface area contributed by atoms with Crippen LogP contribution in [-0.2, 0) is 28.8 Å². The lowest BCUT2D eigenvalue weighted by molar-refractivity contribution is -0.141. The molecule has 0 bridgehead atoms. The second kappa shape index (κ2) is 11.9. The number of esters is 1. The van der Waals surface area contributed by atoms with Crippen molar-refractivity contribution in [2.45, 2.75) is 32.2 Å². The Morgan fingerprint density at radius 2 is 1.76 bits per heavy atom. The molecule has 0 aliphatic rings. The molecule has 4 N–H and O–H groups in total. The number of hydrogen-bond acceptors (Lipinski definition) is 5. The molecular formula is C28H32N3O3. The zero-order valence-corrected chi connectivity index (χ0v) is 19.8. The summed E-state index contributed by atoms with van der Waals surface area (Å²) in [6, 6.07) is 20.7.